The van der Waals surface area contributed by atoms with Gasteiger partial charge in [0.25, 0.3) is 0 Å². The molecule has 1 aromatic rings. The zero-order valence-corrected chi connectivity index (χ0v) is 10.4. The highest BCUT2D eigenvalue weighted by Crippen LogP contribution is 2.34. The number of hydrogen-bond donors (Lipinski definition) is 0. The van der Waals surface area contributed by atoms with Gasteiger partial charge in [0.2, 0.25) is 0 Å². The summed E-state index contributed by atoms with van der Waals surface area (Å²) in [4.78, 5) is 22.2. The minimum Gasteiger partial charge on any atom is -0.424 e. The summed E-state index contributed by atoms with van der Waals surface area (Å²) in [6.45, 7) is 2.99. The van der Waals surface area contributed by atoms with Crippen molar-refractivity contribution in [3.05, 3.63) is 27.7 Å². The molecule has 1 rings (SSSR count). The van der Waals surface area contributed by atoms with Crippen molar-refractivity contribution in [3.63, 3.8) is 0 Å². The number of ketones is 1. The lowest BCUT2D eigenvalue weighted by molar-refractivity contribution is -0.131. The third-order valence-corrected chi connectivity index (χ3v) is 2.45. The van der Waals surface area contributed by atoms with Gasteiger partial charge in [-0.3, -0.25) is 9.59 Å². The van der Waals surface area contributed by atoms with Crippen molar-refractivity contribution in [1.29, 1.82) is 0 Å². The van der Waals surface area contributed by atoms with Crippen LogP contribution in [0, 0.1) is 0 Å². The summed E-state index contributed by atoms with van der Waals surface area (Å²) in [5.74, 6) is -0.500. The highest BCUT2D eigenvalue weighted by molar-refractivity contribution is 6.38. The van der Waals surface area contributed by atoms with E-state index < -0.39 is 5.97 Å². The molecule has 0 bridgehead atoms. The van der Waals surface area contributed by atoms with Gasteiger partial charge in [-0.05, 0) is 12.1 Å². The summed E-state index contributed by atoms with van der Waals surface area (Å²) in [6.07, 6.45) is 0.361. The molecule has 0 saturated heterocycles. The van der Waals surface area contributed by atoms with Crippen LogP contribution in [0.4, 0.5) is 0 Å². The summed E-state index contributed by atoms with van der Waals surface area (Å²) < 4.78 is 4.83. The second-order valence-electron chi connectivity index (χ2n) is 3.14. The van der Waals surface area contributed by atoms with Crippen molar-refractivity contribution in [2.24, 2.45) is 0 Å². The fourth-order valence-corrected chi connectivity index (χ4v) is 1.73. The number of Topliss-reactive ketones (excluding diaryl/α,β-unsaturated/α-hetero) is 1. The van der Waals surface area contributed by atoms with Gasteiger partial charge >= 0.3 is 5.97 Å². The second kappa shape index (κ2) is 5.32. The van der Waals surface area contributed by atoms with E-state index in [0.717, 1.165) is 0 Å². The first kappa shape index (κ1) is 13.0. The minimum atomic E-state index is -0.515. The van der Waals surface area contributed by atoms with Gasteiger partial charge in [0.1, 0.15) is 0 Å². The van der Waals surface area contributed by atoms with Crippen LogP contribution in [0.5, 0.6) is 5.75 Å². The number of hydrogen-bond acceptors (Lipinski definition) is 3. The lowest BCUT2D eigenvalue weighted by Gasteiger charge is -2.08. The molecular formula is C11H10Cl2O3. The van der Waals surface area contributed by atoms with E-state index >= 15 is 0 Å². The molecule has 0 saturated carbocycles. The first-order valence-electron chi connectivity index (χ1n) is 4.66. The van der Waals surface area contributed by atoms with Crippen LogP contribution in [0.15, 0.2) is 12.1 Å². The van der Waals surface area contributed by atoms with Crippen molar-refractivity contribution in [2.45, 2.75) is 20.3 Å². The smallest absolute Gasteiger partial charge is 0.308 e. The zero-order valence-electron chi connectivity index (χ0n) is 8.84. The Bertz CT molecular complexity index is 418. The van der Waals surface area contributed by atoms with E-state index in [0.29, 0.717) is 12.0 Å². The SMILES string of the molecule is CCC(=O)c1cc(Cl)c(OC(C)=O)c(Cl)c1. The lowest BCUT2D eigenvalue weighted by atomic mass is 10.1. The molecule has 0 fully saturated rings. The fraction of sp³-hybridized carbons (Fsp3) is 0.273. The van der Waals surface area contributed by atoms with Gasteiger partial charge < -0.3 is 4.74 Å². The Balaban J connectivity index is 3.17. The Hall–Kier alpha value is -1.06. The van der Waals surface area contributed by atoms with E-state index in [1.165, 1.54) is 19.1 Å². The molecule has 0 unspecified atom stereocenters. The number of halogens is 2. The van der Waals surface area contributed by atoms with Gasteiger partial charge in [0.15, 0.2) is 11.5 Å². The Morgan fingerprint density at radius 1 is 1.25 bits per heavy atom. The molecule has 0 atom stereocenters. The maximum Gasteiger partial charge on any atom is 0.308 e. The van der Waals surface area contributed by atoms with Gasteiger partial charge in [0.05, 0.1) is 10.0 Å². The topological polar surface area (TPSA) is 43.4 Å². The van der Waals surface area contributed by atoms with E-state index in [1.54, 1.807) is 6.92 Å². The van der Waals surface area contributed by atoms with E-state index in [1.807, 2.05) is 0 Å². The van der Waals surface area contributed by atoms with Crippen molar-refractivity contribution in [2.75, 3.05) is 0 Å². The van der Waals surface area contributed by atoms with Crippen LogP contribution in [0.2, 0.25) is 10.0 Å². The van der Waals surface area contributed by atoms with E-state index in [2.05, 4.69) is 0 Å². The lowest BCUT2D eigenvalue weighted by Crippen LogP contribution is -2.04. The standard InChI is InChI=1S/C11H10Cl2O3/c1-3-10(15)7-4-8(12)11(9(13)5-7)16-6(2)14/h4-5H,3H2,1-2H3. The maximum atomic E-state index is 11.4. The maximum absolute atomic E-state index is 11.4. The molecule has 5 heteroatoms. The molecule has 0 radical (unpaired) electrons. The average molecular weight is 261 g/mol. The van der Waals surface area contributed by atoms with Crippen LogP contribution in [0.3, 0.4) is 0 Å². The van der Waals surface area contributed by atoms with E-state index in [-0.39, 0.29) is 21.6 Å². The normalized spacial score (nSPS) is 10.0. The monoisotopic (exact) mass is 260 g/mol. The number of benzene rings is 1. The summed E-state index contributed by atoms with van der Waals surface area (Å²) >= 11 is 11.7. The quantitative estimate of drug-likeness (QED) is 0.475. The highest BCUT2D eigenvalue weighted by atomic mass is 35.5. The van der Waals surface area contributed by atoms with Gasteiger partial charge in [-0.2, -0.15) is 0 Å². The fourth-order valence-electron chi connectivity index (χ4n) is 1.17. The Morgan fingerprint density at radius 2 is 1.75 bits per heavy atom. The molecular weight excluding hydrogens is 251 g/mol. The van der Waals surface area contributed by atoms with Gasteiger partial charge in [-0.15, -0.1) is 0 Å². The highest BCUT2D eigenvalue weighted by Gasteiger charge is 2.14. The Labute approximate surface area is 103 Å². The molecule has 16 heavy (non-hydrogen) atoms. The van der Waals surface area contributed by atoms with Crippen LogP contribution in [0.1, 0.15) is 30.6 Å². The summed E-state index contributed by atoms with van der Waals surface area (Å²) in [5.41, 5.74) is 0.411. The van der Waals surface area contributed by atoms with Crippen molar-refractivity contribution < 1.29 is 14.3 Å². The molecule has 0 aromatic heterocycles. The molecule has 0 aliphatic heterocycles. The number of rotatable bonds is 3. The Morgan fingerprint density at radius 3 is 2.12 bits per heavy atom. The molecule has 0 spiro atoms. The van der Waals surface area contributed by atoms with Gasteiger partial charge in [-0.1, -0.05) is 30.1 Å². The van der Waals surface area contributed by atoms with E-state index in [4.69, 9.17) is 27.9 Å². The number of esters is 1. The third kappa shape index (κ3) is 2.97. The molecule has 0 heterocycles. The molecule has 0 aliphatic rings. The van der Waals surface area contributed by atoms with Crippen molar-refractivity contribution in [3.8, 4) is 5.75 Å². The molecule has 3 nitrogen and oxygen atoms in total. The minimum absolute atomic E-state index is 0.0711. The van der Waals surface area contributed by atoms with Crippen LogP contribution in [-0.4, -0.2) is 11.8 Å². The summed E-state index contributed by atoms with van der Waals surface area (Å²) in [7, 11) is 0. The molecule has 0 N–H and O–H groups in total. The van der Waals surface area contributed by atoms with Crippen molar-refractivity contribution in [1.82, 2.24) is 0 Å². The molecule has 0 amide bonds. The summed E-state index contributed by atoms with van der Waals surface area (Å²) in [6, 6.07) is 2.88. The van der Waals surface area contributed by atoms with Gasteiger partial charge in [0, 0.05) is 18.9 Å². The van der Waals surface area contributed by atoms with Crippen LogP contribution in [-0.2, 0) is 4.79 Å². The predicted molar refractivity (Wildman–Crippen MR) is 62.4 cm³/mol. The second-order valence-corrected chi connectivity index (χ2v) is 3.95. The summed E-state index contributed by atoms with van der Waals surface area (Å²) in [5, 5.41) is 0.305. The molecule has 0 aliphatic carbocycles. The first-order chi connectivity index (χ1) is 7.45. The van der Waals surface area contributed by atoms with Crippen molar-refractivity contribution >= 4 is 35.0 Å². The zero-order chi connectivity index (χ0) is 12.3. The molecule has 86 valence electrons. The number of ether oxygens (including phenoxy) is 1. The van der Waals surface area contributed by atoms with Gasteiger partial charge in [-0.25, -0.2) is 0 Å². The largest absolute Gasteiger partial charge is 0.424 e. The van der Waals surface area contributed by atoms with Crippen LogP contribution in [0.25, 0.3) is 0 Å². The van der Waals surface area contributed by atoms with E-state index in [9.17, 15) is 9.59 Å². The average Bonchev–Trinajstić information content (AvgIpc) is 2.21. The number of carbonyl (C=O) groups is 2. The van der Waals surface area contributed by atoms with Crippen LogP contribution >= 0.6 is 23.2 Å². The molecule has 1 aromatic carbocycles. The van der Waals surface area contributed by atoms with Crippen LogP contribution < -0.4 is 4.74 Å². The third-order valence-electron chi connectivity index (χ3n) is 1.89. The Kier molecular flexibility index (Phi) is 4.33. The first-order valence-corrected chi connectivity index (χ1v) is 5.42. The predicted octanol–water partition coefficient (Wildman–Crippen LogP) is 3.51. The number of carbonyl (C=O) groups excluding carboxylic acids is 2.